The van der Waals surface area contributed by atoms with Crippen molar-refractivity contribution in [2.45, 2.75) is 50.6 Å². The lowest BCUT2D eigenvalue weighted by atomic mass is 9.87. The van der Waals surface area contributed by atoms with Crippen molar-refractivity contribution in [2.75, 3.05) is 18.0 Å². The molecule has 1 N–H and O–H groups in total. The SMILES string of the molecule is CC(=O)N1CCCCCC2C1[C@H](c1ccccc1)CN2c1ncnc2nc[nH]c12. The molecule has 29 heavy (non-hydrogen) atoms. The molecule has 0 spiro atoms. The van der Waals surface area contributed by atoms with Gasteiger partial charge in [-0.3, -0.25) is 4.79 Å². The molecule has 1 amide bonds. The number of hydrogen-bond acceptors (Lipinski definition) is 5. The number of carbonyl (C=O) groups is 1. The molecular formula is C22H26N6O. The Kier molecular flexibility index (Phi) is 4.66. The number of benzene rings is 1. The molecule has 7 nitrogen and oxygen atoms in total. The van der Waals surface area contributed by atoms with Crippen LogP contribution in [0.1, 0.15) is 44.1 Å². The average molecular weight is 390 g/mol. The van der Waals surface area contributed by atoms with E-state index in [1.54, 1.807) is 19.6 Å². The number of imidazole rings is 1. The first kappa shape index (κ1) is 18.1. The van der Waals surface area contributed by atoms with E-state index < -0.39 is 0 Å². The molecule has 0 saturated carbocycles. The minimum atomic E-state index is 0.142. The molecule has 2 fully saturated rings. The Balaban J connectivity index is 1.63. The van der Waals surface area contributed by atoms with Crippen molar-refractivity contribution < 1.29 is 4.79 Å². The van der Waals surface area contributed by atoms with E-state index in [9.17, 15) is 4.79 Å². The van der Waals surface area contributed by atoms with Gasteiger partial charge in [-0.25, -0.2) is 15.0 Å². The maximum Gasteiger partial charge on any atom is 0.219 e. The largest absolute Gasteiger partial charge is 0.349 e. The number of carbonyl (C=O) groups excluding carboxylic acids is 1. The number of aromatic amines is 1. The number of nitrogens with zero attached hydrogens (tertiary/aromatic N) is 5. The van der Waals surface area contributed by atoms with Gasteiger partial charge in [-0.1, -0.05) is 43.2 Å². The third kappa shape index (κ3) is 3.14. The first-order valence-corrected chi connectivity index (χ1v) is 10.5. The second kappa shape index (κ2) is 7.46. The number of likely N-dealkylation sites (tertiary alicyclic amines) is 1. The number of fused-ring (bicyclic) bond motifs is 2. The van der Waals surface area contributed by atoms with Crippen LogP contribution < -0.4 is 4.90 Å². The molecule has 2 aliphatic heterocycles. The van der Waals surface area contributed by atoms with E-state index in [2.05, 4.69) is 54.0 Å². The highest BCUT2D eigenvalue weighted by molar-refractivity contribution is 5.83. The average Bonchev–Trinajstić information content (AvgIpc) is 3.33. The zero-order valence-electron chi connectivity index (χ0n) is 16.7. The Hall–Kier alpha value is -2.96. The van der Waals surface area contributed by atoms with Gasteiger partial charge < -0.3 is 14.8 Å². The smallest absolute Gasteiger partial charge is 0.219 e. The van der Waals surface area contributed by atoms with Crippen LogP contribution in [0.3, 0.4) is 0 Å². The van der Waals surface area contributed by atoms with Crippen LogP contribution in [0.5, 0.6) is 0 Å². The Morgan fingerprint density at radius 3 is 2.79 bits per heavy atom. The minimum Gasteiger partial charge on any atom is -0.349 e. The summed E-state index contributed by atoms with van der Waals surface area (Å²) in [6.45, 7) is 3.37. The highest BCUT2D eigenvalue weighted by Gasteiger charge is 2.47. The van der Waals surface area contributed by atoms with E-state index in [1.165, 1.54) is 12.0 Å². The predicted octanol–water partition coefficient (Wildman–Crippen LogP) is 3.12. The van der Waals surface area contributed by atoms with E-state index >= 15 is 0 Å². The van der Waals surface area contributed by atoms with Crippen LogP contribution in [0.4, 0.5) is 5.82 Å². The summed E-state index contributed by atoms with van der Waals surface area (Å²) in [6.07, 6.45) is 7.71. The van der Waals surface area contributed by atoms with Gasteiger partial charge in [-0.05, 0) is 18.4 Å². The molecule has 5 rings (SSSR count). The quantitative estimate of drug-likeness (QED) is 0.727. The Bertz CT molecular complexity index is 1000. The topological polar surface area (TPSA) is 78.0 Å². The lowest BCUT2D eigenvalue weighted by Crippen LogP contribution is -2.50. The molecule has 1 aromatic carbocycles. The van der Waals surface area contributed by atoms with E-state index in [0.29, 0.717) is 5.65 Å². The van der Waals surface area contributed by atoms with Crippen molar-refractivity contribution in [3.05, 3.63) is 48.5 Å². The maximum atomic E-state index is 12.7. The molecule has 2 unspecified atom stereocenters. The third-order valence-corrected chi connectivity index (χ3v) is 6.47. The molecule has 2 aromatic heterocycles. The number of nitrogens with one attached hydrogen (secondary N) is 1. The van der Waals surface area contributed by atoms with Gasteiger partial charge in [-0.15, -0.1) is 0 Å². The normalized spacial score (nSPS) is 24.9. The lowest BCUT2D eigenvalue weighted by molar-refractivity contribution is -0.132. The fraction of sp³-hybridized carbons (Fsp3) is 0.455. The maximum absolute atomic E-state index is 12.7. The highest BCUT2D eigenvalue weighted by atomic mass is 16.2. The zero-order valence-corrected chi connectivity index (χ0v) is 16.7. The fourth-order valence-corrected chi connectivity index (χ4v) is 5.20. The summed E-state index contributed by atoms with van der Waals surface area (Å²) in [6, 6.07) is 11.0. The van der Waals surface area contributed by atoms with Gasteiger partial charge in [0.25, 0.3) is 0 Å². The van der Waals surface area contributed by atoms with Crippen molar-refractivity contribution in [1.29, 1.82) is 0 Å². The lowest BCUT2D eigenvalue weighted by Gasteiger charge is -2.39. The van der Waals surface area contributed by atoms with Gasteiger partial charge in [0.15, 0.2) is 11.5 Å². The van der Waals surface area contributed by atoms with Gasteiger partial charge in [0, 0.05) is 25.9 Å². The standard InChI is InChI=1S/C22H26N6O/c1-15(29)27-11-7-3-6-10-18-20(27)17(16-8-4-2-5-9-16)12-28(18)22-19-21(24-13-23-19)25-14-26-22/h2,4-5,8-9,13-14,17-18,20H,3,6-7,10-12H2,1H3,(H,23,24,25,26)/t17-,18?,20?/m0/s1. The fourth-order valence-electron chi connectivity index (χ4n) is 5.20. The number of hydrogen-bond donors (Lipinski definition) is 1. The van der Waals surface area contributed by atoms with E-state index in [0.717, 1.165) is 43.7 Å². The number of amides is 1. The molecule has 7 heteroatoms. The molecular weight excluding hydrogens is 364 g/mol. The summed E-state index contributed by atoms with van der Waals surface area (Å²) in [4.78, 5) is 33.6. The van der Waals surface area contributed by atoms with Crippen LogP contribution in [0.15, 0.2) is 43.0 Å². The molecule has 4 heterocycles. The van der Waals surface area contributed by atoms with E-state index in [4.69, 9.17) is 0 Å². The van der Waals surface area contributed by atoms with Crippen molar-refractivity contribution in [2.24, 2.45) is 0 Å². The van der Waals surface area contributed by atoms with Crippen LogP contribution in [-0.2, 0) is 4.79 Å². The molecule has 0 radical (unpaired) electrons. The van der Waals surface area contributed by atoms with Gasteiger partial charge in [-0.2, -0.15) is 0 Å². The minimum absolute atomic E-state index is 0.142. The summed E-state index contributed by atoms with van der Waals surface area (Å²) in [5, 5.41) is 0. The first-order chi connectivity index (χ1) is 14.2. The van der Waals surface area contributed by atoms with Gasteiger partial charge >= 0.3 is 0 Å². The summed E-state index contributed by atoms with van der Waals surface area (Å²) in [7, 11) is 0. The van der Waals surface area contributed by atoms with Crippen LogP contribution in [0, 0.1) is 0 Å². The van der Waals surface area contributed by atoms with Gasteiger partial charge in [0.05, 0.1) is 18.4 Å². The second-order valence-corrected chi connectivity index (χ2v) is 8.09. The molecule has 2 aliphatic rings. The van der Waals surface area contributed by atoms with Crippen molar-refractivity contribution >= 4 is 22.9 Å². The Morgan fingerprint density at radius 2 is 1.97 bits per heavy atom. The predicted molar refractivity (Wildman–Crippen MR) is 112 cm³/mol. The molecule has 0 aliphatic carbocycles. The second-order valence-electron chi connectivity index (χ2n) is 8.09. The number of aromatic nitrogens is 4. The van der Waals surface area contributed by atoms with Gasteiger partial charge in [0.2, 0.25) is 5.91 Å². The monoisotopic (exact) mass is 390 g/mol. The summed E-state index contributed by atoms with van der Waals surface area (Å²) >= 11 is 0. The first-order valence-electron chi connectivity index (χ1n) is 10.5. The van der Waals surface area contributed by atoms with Crippen molar-refractivity contribution in [1.82, 2.24) is 24.8 Å². The number of anilines is 1. The third-order valence-electron chi connectivity index (χ3n) is 6.47. The summed E-state index contributed by atoms with van der Waals surface area (Å²) < 4.78 is 0. The molecule has 0 bridgehead atoms. The Morgan fingerprint density at radius 1 is 1.10 bits per heavy atom. The summed E-state index contributed by atoms with van der Waals surface area (Å²) in [5.74, 6) is 1.31. The van der Waals surface area contributed by atoms with E-state index in [1.807, 2.05) is 6.07 Å². The number of rotatable bonds is 2. The van der Waals surface area contributed by atoms with Crippen LogP contribution in [0.2, 0.25) is 0 Å². The van der Waals surface area contributed by atoms with Crippen LogP contribution >= 0.6 is 0 Å². The molecule has 150 valence electrons. The Labute approximate surface area is 170 Å². The van der Waals surface area contributed by atoms with E-state index in [-0.39, 0.29) is 23.9 Å². The molecule has 3 atom stereocenters. The van der Waals surface area contributed by atoms with Crippen LogP contribution in [-0.4, -0.2) is 55.9 Å². The summed E-state index contributed by atoms with van der Waals surface area (Å²) in [5.41, 5.74) is 2.84. The molecule has 2 saturated heterocycles. The highest BCUT2D eigenvalue weighted by Crippen LogP contribution is 2.41. The van der Waals surface area contributed by atoms with Gasteiger partial charge in [0.1, 0.15) is 11.8 Å². The number of H-pyrrole nitrogens is 1. The van der Waals surface area contributed by atoms with Crippen molar-refractivity contribution in [3.8, 4) is 0 Å². The molecule has 3 aromatic rings. The van der Waals surface area contributed by atoms with Crippen molar-refractivity contribution in [3.63, 3.8) is 0 Å². The van der Waals surface area contributed by atoms with Crippen LogP contribution in [0.25, 0.3) is 11.2 Å². The zero-order chi connectivity index (χ0) is 19.8.